The molecule has 2 rings (SSSR count). The standard InChI is InChI=1S/C13H15BrFN3O2S/c1-8(2)13-17-12(21(16,19)20)7-18(13)6-9-3-4-10(15)5-11(9)14/h3-5,7-8H,6H2,1-2H3,(H2,16,19,20). The summed E-state index contributed by atoms with van der Waals surface area (Å²) in [5, 5.41) is 4.96. The van der Waals surface area contributed by atoms with Crippen LogP contribution in [0.5, 0.6) is 0 Å². The van der Waals surface area contributed by atoms with Crippen molar-refractivity contribution in [3.05, 3.63) is 46.1 Å². The first-order valence-electron chi connectivity index (χ1n) is 6.22. The molecular formula is C13H15BrFN3O2S. The molecule has 2 N–H and O–H groups in total. The third-order valence-corrected chi connectivity index (χ3v) is 4.47. The quantitative estimate of drug-likeness (QED) is 0.891. The van der Waals surface area contributed by atoms with Gasteiger partial charge in [-0.25, -0.2) is 22.9 Å². The highest BCUT2D eigenvalue weighted by Crippen LogP contribution is 2.22. The predicted molar refractivity (Wildman–Crippen MR) is 80.9 cm³/mol. The Bertz CT molecular complexity index is 772. The first-order chi connectivity index (χ1) is 9.68. The first kappa shape index (κ1) is 16.1. The van der Waals surface area contributed by atoms with Crippen LogP contribution in [0.15, 0.2) is 33.9 Å². The Morgan fingerprint density at radius 1 is 1.43 bits per heavy atom. The van der Waals surface area contributed by atoms with E-state index in [1.165, 1.54) is 18.3 Å². The van der Waals surface area contributed by atoms with Gasteiger partial charge in [-0.2, -0.15) is 0 Å². The van der Waals surface area contributed by atoms with Gasteiger partial charge in [-0.1, -0.05) is 35.8 Å². The molecule has 5 nitrogen and oxygen atoms in total. The maximum Gasteiger partial charge on any atom is 0.257 e. The second-order valence-electron chi connectivity index (χ2n) is 5.00. The summed E-state index contributed by atoms with van der Waals surface area (Å²) in [5.74, 6) is 0.292. The highest BCUT2D eigenvalue weighted by molar-refractivity contribution is 9.10. The SMILES string of the molecule is CC(C)c1nc(S(N)(=O)=O)cn1Cc1ccc(F)cc1Br. The molecule has 1 heterocycles. The van der Waals surface area contributed by atoms with Crippen LogP contribution >= 0.6 is 15.9 Å². The fourth-order valence-corrected chi connectivity index (χ4v) is 2.93. The van der Waals surface area contributed by atoms with Gasteiger partial charge in [0.1, 0.15) is 11.6 Å². The predicted octanol–water partition coefficient (Wildman–Crippen LogP) is 2.60. The number of primary sulfonamides is 1. The lowest BCUT2D eigenvalue weighted by atomic mass is 10.2. The Morgan fingerprint density at radius 2 is 2.10 bits per heavy atom. The zero-order valence-corrected chi connectivity index (χ0v) is 13.9. The third kappa shape index (κ3) is 3.69. The summed E-state index contributed by atoms with van der Waals surface area (Å²) in [6, 6.07) is 4.36. The Kier molecular flexibility index (Phi) is 4.50. The van der Waals surface area contributed by atoms with Gasteiger partial charge in [0.2, 0.25) is 0 Å². The number of nitrogens with zero attached hydrogens (tertiary/aromatic N) is 2. The lowest BCUT2D eigenvalue weighted by Crippen LogP contribution is -2.12. The van der Waals surface area contributed by atoms with E-state index < -0.39 is 10.0 Å². The monoisotopic (exact) mass is 375 g/mol. The molecule has 8 heteroatoms. The van der Waals surface area contributed by atoms with Gasteiger partial charge in [-0.15, -0.1) is 0 Å². The van der Waals surface area contributed by atoms with Crippen LogP contribution in [-0.4, -0.2) is 18.0 Å². The topological polar surface area (TPSA) is 78.0 Å². The van der Waals surface area contributed by atoms with Gasteiger partial charge in [0.15, 0.2) is 5.03 Å². The van der Waals surface area contributed by atoms with Crippen LogP contribution < -0.4 is 5.14 Å². The van der Waals surface area contributed by atoms with Crippen LogP contribution in [0.2, 0.25) is 0 Å². The highest BCUT2D eigenvalue weighted by atomic mass is 79.9. The van der Waals surface area contributed by atoms with Crippen molar-refractivity contribution in [3.63, 3.8) is 0 Å². The molecule has 0 spiro atoms. The zero-order valence-electron chi connectivity index (χ0n) is 11.5. The van der Waals surface area contributed by atoms with Gasteiger partial charge in [0, 0.05) is 23.1 Å². The Labute approximate surface area is 131 Å². The number of nitrogens with two attached hydrogens (primary N) is 1. The highest BCUT2D eigenvalue weighted by Gasteiger charge is 2.18. The van der Waals surface area contributed by atoms with E-state index in [0.29, 0.717) is 16.8 Å². The van der Waals surface area contributed by atoms with Crippen molar-refractivity contribution in [2.24, 2.45) is 5.14 Å². The molecular weight excluding hydrogens is 361 g/mol. The van der Waals surface area contributed by atoms with Gasteiger partial charge in [-0.05, 0) is 17.7 Å². The average molecular weight is 376 g/mol. The van der Waals surface area contributed by atoms with Crippen molar-refractivity contribution in [3.8, 4) is 0 Å². The van der Waals surface area contributed by atoms with Crippen LogP contribution in [0.4, 0.5) is 4.39 Å². The summed E-state index contributed by atoms with van der Waals surface area (Å²) in [6.07, 6.45) is 1.40. The number of aromatic nitrogens is 2. The molecule has 1 aromatic heterocycles. The second-order valence-corrected chi connectivity index (χ2v) is 7.36. The van der Waals surface area contributed by atoms with Crippen LogP contribution in [0, 0.1) is 5.82 Å². The van der Waals surface area contributed by atoms with Gasteiger partial charge < -0.3 is 4.57 Å². The van der Waals surface area contributed by atoms with E-state index in [0.717, 1.165) is 5.56 Å². The van der Waals surface area contributed by atoms with E-state index in [1.807, 2.05) is 13.8 Å². The van der Waals surface area contributed by atoms with Gasteiger partial charge in [0.25, 0.3) is 10.0 Å². The lowest BCUT2D eigenvalue weighted by molar-refractivity contribution is 0.594. The molecule has 0 aliphatic rings. The Hall–Kier alpha value is -1.25. The summed E-state index contributed by atoms with van der Waals surface area (Å²) in [6.45, 7) is 4.19. The molecule has 0 aliphatic carbocycles. The van der Waals surface area contributed by atoms with Crippen molar-refractivity contribution in [1.82, 2.24) is 9.55 Å². The molecule has 0 unspecified atom stereocenters. The smallest absolute Gasteiger partial charge is 0.257 e. The summed E-state index contributed by atoms with van der Waals surface area (Å²) >= 11 is 3.30. The molecule has 114 valence electrons. The summed E-state index contributed by atoms with van der Waals surface area (Å²) in [4.78, 5) is 4.08. The molecule has 21 heavy (non-hydrogen) atoms. The molecule has 0 aliphatic heterocycles. The number of hydrogen-bond donors (Lipinski definition) is 1. The van der Waals surface area contributed by atoms with Gasteiger partial charge in [0.05, 0.1) is 0 Å². The molecule has 0 amide bonds. The largest absolute Gasteiger partial charge is 0.329 e. The van der Waals surface area contributed by atoms with E-state index in [2.05, 4.69) is 20.9 Å². The van der Waals surface area contributed by atoms with Crippen molar-refractivity contribution in [2.45, 2.75) is 31.3 Å². The fourth-order valence-electron chi connectivity index (χ4n) is 1.96. The number of hydrogen-bond acceptors (Lipinski definition) is 3. The van der Waals surface area contributed by atoms with Crippen molar-refractivity contribution >= 4 is 26.0 Å². The molecule has 0 bridgehead atoms. The van der Waals surface area contributed by atoms with Crippen molar-refractivity contribution in [1.29, 1.82) is 0 Å². The van der Waals surface area contributed by atoms with Crippen molar-refractivity contribution < 1.29 is 12.8 Å². The molecule has 0 atom stereocenters. The number of imidazole rings is 1. The van der Waals surface area contributed by atoms with E-state index in [9.17, 15) is 12.8 Å². The maximum absolute atomic E-state index is 13.1. The van der Waals surface area contributed by atoms with E-state index in [-0.39, 0.29) is 16.8 Å². The molecule has 2 aromatic rings. The van der Waals surface area contributed by atoms with Crippen LogP contribution in [-0.2, 0) is 16.6 Å². The summed E-state index contributed by atoms with van der Waals surface area (Å²) in [5.41, 5.74) is 0.816. The Morgan fingerprint density at radius 3 is 2.62 bits per heavy atom. The number of rotatable bonds is 4. The normalized spacial score (nSPS) is 12.1. The minimum atomic E-state index is -3.85. The van der Waals surface area contributed by atoms with Gasteiger partial charge >= 0.3 is 0 Å². The second kappa shape index (κ2) is 5.86. The van der Waals surface area contributed by atoms with Crippen LogP contribution in [0.3, 0.4) is 0 Å². The minimum absolute atomic E-state index is 0.0275. The van der Waals surface area contributed by atoms with E-state index in [1.54, 1.807) is 10.6 Å². The first-order valence-corrected chi connectivity index (χ1v) is 8.56. The van der Waals surface area contributed by atoms with E-state index >= 15 is 0 Å². The molecule has 0 fully saturated rings. The fraction of sp³-hybridized carbons (Fsp3) is 0.308. The minimum Gasteiger partial charge on any atom is -0.329 e. The van der Waals surface area contributed by atoms with Crippen LogP contribution in [0.1, 0.15) is 31.2 Å². The Balaban J connectivity index is 2.45. The molecule has 1 aromatic carbocycles. The number of halogens is 2. The number of benzene rings is 1. The lowest BCUT2D eigenvalue weighted by Gasteiger charge is -2.11. The molecule has 0 radical (unpaired) electrons. The molecule has 0 saturated carbocycles. The maximum atomic E-state index is 13.1. The number of sulfonamides is 1. The van der Waals surface area contributed by atoms with E-state index in [4.69, 9.17) is 5.14 Å². The van der Waals surface area contributed by atoms with Crippen LogP contribution in [0.25, 0.3) is 0 Å². The molecule has 0 saturated heterocycles. The summed E-state index contributed by atoms with van der Waals surface area (Å²) in [7, 11) is -3.85. The third-order valence-electron chi connectivity index (χ3n) is 2.95. The summed E-state index contributed by atoms with van der Waals surface area (Å²) < 4.78 is 38.3. The van der Waals surface area contributed by atoms with Crippen molar-refractivity contribution in [2.75, 3.05) is 0 Å². The zero-order chi connectivity index (χ0) is 15.8. The van der Waals surface area contributed by atoms with Gasteiger partial charge in [-0.3, -0.25) is 0 Å². The average Bonchev–Trinajstić information content (AvgIpc) is 2.76.